The fraction of sp³-hybridized carbons (Fsp3) is 0. The minimum Gasteiger partial charge on any atom is -1.00 e. The summed E-state index contributed by atoms with van der Waals surface area (Å²) >= 11 is 0. The molecule has 0 saturated carbocycles. The van der Waals surface area contributed by atoms with Crippen LogP contribution in [0.25, 0.3) is 0 Å². The van der Waals surface area contributed by atoms with Crippen LogP contribution >= 0.6 is 0 Å². The fourth-order valence-corrected chi connectivity index (χ4v) is 0.260. The van der Waals surface area contributed by atoms with Gasteiger partial charge in [0.25, 0.3) is 0 Å². The van der Waals surface area contributed by atoms with Gasteiger partial charge < -0.3 is 22.5 Å². The Balaban J connectivity index is -0.0000000563. The summed E-state index contributed by atoms with van der Waals surface area (Å²) in [5, 5.41) is 15.8. The molecule has 0 amide bonds. The molecule has 0 atom stereocenters. The van der Waals surface area contributed by atoms with Crippen molar-refractivity contribution in [2.75, 3.05) is 0 Å². The SMILES string of the molecule is O=C(OC(=O)C(=O)O)OC(=O)C(=O)O.[Co].[Co].[H-].[H-].[Li+].[Li+]. The summed E-state index contributed by atoms with van der Waals surface area (Å²) < 4.78 is 6.70. The third-order valence-electron chi connectivity index (χ3n) is 0.701. The molecule has 9 nitrogen and oxygen atoms in total. The summed E-state index contributed by atoms with van der Waals surface area (Å²) in [6, 6.07) is 0. The van der Waals surface area contributed by atoms with Crippen LogP contribution in [0.4, 0.5) is 4.79 Å². The van der Waals surface area contributed by atoms with Crippen molar-refractivity contribution in [2.24, 2.45) is 0 Å². The van der Waals surface area contributed by atoms with Crippen LogP contribution in [0, 0.1) is 0 Å². The third-order valence-corrected chi connectivity index (χ3v) is 0.701. The van der Waals surface area contributed by atoms with Crippen LogP contribution < -0.4 is 37.7 Å². The van der Waals surface area contributed by atoms with Crippen LogP contribution in [0.2, 0.25) is 0 Å². The van der Waals surface area contributed by atoms with Crippen molar-refractivity contribution in [3.05, 3.63) is 0 Å². The molecule has 0 bridgehead atoms. The smallest absolute Gasteiger partial charge is 1.00 e. The zero-order valence-electron chi connectivity index (χ0n) is 10.9. The molecule has 0 saturated heterocycles. The van der Waals surface area contributed by atoms with E-state index in [0.717, 1.165) is 0 Å². The van der Waals surface area contributed by atoms with E-state index in [1.807, 2.05) is 0 Å². The normalized spacial score (nSPS) is 6.67. The van der Waals surface area contributed by atoms with E-state index in [1.54, 1.807) is 0 Å². The van der Waals surface area contributed by atoms with Gasteiger partial charge in [-0.25, -0.2) is 24.0 Å². The van der Waals surface area contributed by atoms with Crippen molar-refractivity contribution in [1.29, 1.82) is 0 Å². The van der Waals surface area contributed by atoms with E-state index in [0.29, 0.717) is 0 Å². The number of carbonyl (C=O) groups is 5. The molecule has 0 heterocycles. The number of esters is 2. The standard InChI is InChI=1S/C5H2O9.2Co.2Li.2H/c6-1(7)3(10)13-5(12)14-4(11)2(8)9;;;;;;/h(H,6,7)(H,8,9);;;;;;/q;;;2*+1;2*-1. The van der Waals surface area contributed by atoms with E-state index in [-0.39, 0.29) is 74.1 Å². The Kier molecular flexibility index (Phi) is 25.2. The number of ether oxygens (including phenoxy) is 2. The number of hydrogen-bond donors (Lipinski definition) is 2. The van der Waals surface area contributed by atoms with Gasteiger partial charge in [-0.05, 0) is 0 Å². The molecule has 0 spiro atoms. The predicted molar refractivity (Wildman–Crippen MR) is 35.1 cm³/mol. The van der Waals surface area contributed by atoms with Gasteiger partial charge in [0, 0.05) is 33.6 Å². The van der Waals surface area contributed by atoms with Crippen molar-refractivity contribution in [3.8, 4) is 0 Å². The molecule has 0 aromatic heterocycles. The largest absolute Gasteiger partial charge is 1.00 e. The maximum atomic E-state index is 10.3. The first kappa shape index (κ1) is 30.6. The molecule has 0 rings (SSSR count). The Morgan fingerprint density at radius 3 is 1.11 bits per heavy atom. The zero-order valence-corrected chi connectivity index (χ0v) is 11.0. The zero-order chi connectivity index (χ0) is 11.3. The molecule has 2 radical (unpaired) electrons. The summed E-state index contributed by atoms with van der Waals surface area (Å²) in [5.74, 6) is -8.17. The van der Waals surface area contributed by atoms with Crippen LogP contribution in [0.5, 0.6) is 0 Å². The monoisotopic (exact) mass is 340 g/mol. The van der Waals surface area contributed by atoms with Gasteiger partial charge in [-0.1, -0.05) is 0 Å². The number of rotatable bonds is 0. The summed E-state index contributed by atoms with van der Waals surface area (Å²) in [6.45, 7) is 0. The molecule has 0 aliphatic rings. The van der Waals surface area contributed by atoms with E-state index < -0.39 is 30.0 Å². The molecule has 13 heteroatoms. The Hall–Kier alpha value is -0.242. The van der Waals surface area contributed by atoms with Crippen LogP contribution in [0.3, 0.4) is 0 Å². The van der Waals surface area contributed by atoms with Crippen molar-refractivity contribution >= 4 is 30.0 Å². The Morgan fingerprint density at radius 2 is 0.944 bits per heavy atom. The van der Waals surface area contributed by atoms with E-state index in [9.17, 15) is 24.0 Å². The molecule has 98 valence electrons. The van der Waals surface area contributed by atoms with Gasteiger partial charge in [0.05, 0.1) is 0 Å². The van der Waals surface area contributed by atoms with Crippen LogP contribution in [-0.4, -0.2) is 40.2 Å². The second-order valence-corrected chi connectivity index (χ2v) is 1.64. The first-order valence-corrected chi connectivity index (χ1v) is 2.78. The maximum Gasteiger partial charge on any atom is 1.00 e. The summed E-state index contributed by atoms with van der Waals surface area (Å²) in [7, 11) is 0. The minimum atomic E-state index is -2.09. The van der Waals surface area contributed by atoms with Crippen molar-refractivity contribution in [3.63, 3.8) is 0 Å². The molecule has 0 aliphatic heterocycles. The molecule has 0 aromatic rings. The predicted octanol–water partition coefficient (Wildman–Crippen LogP) is -7.41. The molecule has 0 fully saturated rings. The average molecular weight is 340 g/mol. The second kappa shape index (κ2) is 14.8. The van der Waals surface area contributed by atoms with Crippen molar-refractivity contribution in [2.45, 2.75) is 0 Å². The summed E-state index contributed by atoms with van der Waals surface area (Å²) in [4.78, 5) is 50.0. The van der Waals surface area contributed by atoms with E-state index >= 15 is 0 Å². The fourth-order valence-electron chi connectivity index (χ4n) is 0.260. The Labute approximate surface area is 147 Å². The van der Waals surface area contributed by atoms with Crippen LogP contribution in [0.1, 0.15) is 2.85 Å². The number of carboxylic acid groups (broad SMARTS) is 2. The Bertz CT molecular complexity index is 310. The number of carbonyl (C=O) groups excluding carboxylic acids is 3. The van der Waals surface area contributed by atoms with E-state index in [4.69, 9.17) is 10.2 Å². The van der Waals surface area contributed by atoms with Gasteiger partial charge in [-0.15, -0.1) is 0 Å². The first-order valence-electron chi connectivity index (χ1n) is 2.78. The topological polar surface area (TPSA) is 144 Å². The van der Waals surface area contributed by atoms with Crippen LogP contribution in [0.15, 0.2) is 0 Å². The third kappa shape index (κ3) is 13.8. The number of hydrogen-bond acceptors (Lipinski definition) is 7. The molecule has 0 aliphatic carbocycles. The average Bonchev–Trinajstić information content (AvgIpc) is 2.03. The van der Waals surface area contributed by atoms with Gasteiger partial charge >= 0.3 is 67.8 Å². The molecule has 18 heavy (non-hydrogen) atoms. The molecular weight excluding hydrogens is 336 g/mol. The first-order chi connectivity index (χ1) is 6.34. The quantitative estimate of drug-likeness (QED) is 0.190. The molecule has 0 unspecified atom stereocenters. The molecule has 2 N–H and O–H groups in total. The van der Waals surface area contributed by atoms with Crippen LogP contribution in [-0.2, 0) is 62.2 Å². The summed E-state index contributed by atoms with van der Waals surface area (Å²) in [6.07, 6.45) is -2.02. The summed E-state index contributed by atoms with van der Waals surface area (Å²) in [5.41, 5.74) is 0. The maximum absolute atomic E-state index is 10.3. The van der Waals surface area contributed by atoms with Gasteiger partial charge in [0.15, 0.2) is 0 Å². The van der Waals surface area contributed by atoms with Gasteiger partial charge in [-0.3, -0.25) is 0 Å². The molecular formula is C5H4Co2Li2O9. The van der Waals surface area contributed by atoms with E-state index in [2.05, 4.69) is 9.47 Å². The van der Waals surface area contributed by atoms with Crippen molar-refractivity contribution < 1.29 is 118 Å². The van der Waals surface area contributed by atoms with Gasteiger partial charge in [0.1, 0.15) is 0 Å². The Morgan fingerprint density at radius 1 is 0.722 bits per heavy atom. The van der Waals surface area contributed by atoms with E-state index in [1.165, 1.54) is 0 Å². The van der Waals surface area contributed by atoms with Gasteiger partial charge in [-0.2, -0.15) is 0 Å². The second-order valence-electron chi connectivity index (χ2n) is 1.64. The molecule has 0 aromatic carbocycles. The number of carboxylic acids is 2. The number of aliphatic carboxylic acids is 2. The van der Waals surface area contributed by atoms with Gasteiger partial charge in [0.2, 0.25) is 0 Å². The van der Waals surface area contributed by atoms with Crippen molar-refractivity contribution in [1.82, 2.24) is 0 Å². The minimum absolute atomic E-state index is 0.